The van der Waals surface area contributed by atoms with Crippen LogP contribution >= 0.6 is 27.5 Å². The molecule has 0 saturated carbocycles. The van der Waals surface area contributed by atoms with Gasteiger partial charge in [-0.15, -0.1) is 11.6 Å². The van der Waals surface area contributed by atoms with Crippen molar-refractivity contribution in [2.24, 2.45) is 11.8 Å². The number of aromatic nitrogens is 3. The monoisotopic (exact) mass is 369 g/mol. The Hall–Kier alpha value is -0.870. The average Bonchev–Trinajstić information content (AvgIpc) is 2.87. The summed E-state index contributed by atoms with van der Waals surface area (Å²) in [5.41, 5.74) is 1.30. The van der Waals surface area contributed by atoms with Crippen LogP contribution in [0.15, 0.2) is 35.1 Å². The van der Waals surface area contributed by atoms with Crippen LogP contribution in [0.2, 0.25) is 0 Å². The molecule has 1 atom stereocenters. The van der Waals surface area contributed by atoms with E-state index in [1.165, 1.54) is 5.56 Å². The molecule has 2 rings (SSSR count). The van der Waals surface area contributed by atoms with Crippen LogP contribution in [0.1, 0.15) is 25.2 Å². The van der Waals surface area contributed by atoms with Gasteiger partial charge in [0.2, 0.25) is 0 Å². The SMILES string of the molecule is CC(C)Cn1ncnc1CC(CCl)Cc1ccc(Br)cc1. The standard InChI is InChI=1S/C16H21BrClN3/c1-12(2)10-21-16(19-11-20-21)8-14(9-18)7-13-3-5-15(17)6-4-13/h3-6,11-12,14H,7-10H2,1-2H3. The Balaban J connectivity index is 2.02. The third-order valence-corrected chi connectivity index (χ3v) is 4.33. The zero-order valence-corrected chi connectivity index (χ0v) is 14.8. The van der Waals surface area contributed by atoms with Gasteiger partial charge in [0.05, 0.1) is 0 Å². The van der Waals surface area contributed by atoms with Crippen LogP contribution in [0.25, 0.3) is 0 Å². The highest BCUT2D eigenvalue weighted by Gasteiger charge is 2.14. The smallest absolute Gasteiger partial charge is 0.138 e. The quantitative estimate of drug-likeness (QED) is 0.679. The van der Waals surface area contributed by atoms with Crippen molar-refractivity contribution in [2.75, 3.05) is 5.88 Å². The fourth-order valence-corrected chi connectivity index (χ4v) is 2.82. The van der Waals surface area contributed by atoms with E-state index < -0.39 is 0 Å². The van der Waals surface area contributed by atoms with Crippen LogP contribution in [-0.4, -0.2) is 20.6 Å². The molecular formula is C16H21BrClN3. The maximum Gasteiger partial charge on any atom is 0.138 e. The van der Waals surface area contributed by atoms with Crippen LogP contribution in [0.3, 0.4) is 0 Å². The van der Waals surface area contributed by atoms with Crippen LogP contribution in [0.4, 0.5) is 0 Å². The summed E-state index contributed by atoms with van der Waals surface area (Å²) in [6.45, 7) is 5.28. The van der Waals surface area contributed by atoms with Gasteiger partial charge in [-0.3, -0.25) is 0 Å². The lowest BCUT2D eigenvalue weighted by atomic mass is 9.97. The molecule has 0 N–H and O–H groups in total. The molecule has 0 aliphatic rings. The molecule has 21 heavy (non-hydrogen) atoms. The van der Waals surface area contributed by atoms with E-state index in [9.17, 15) is 0 Å². The Labute approximate surface area is 139 Å². The van der Waals surface area contributed by atoms with Gasteiger partial charge in [0.25, 0.3) is 0 Å². The minimum Gasteiger partial charge on any atom is -0.250 e. The molecule has 0 amide bonds. The zero-order valence-electron chi connectivity index (χ0n) is 12.5. The minimum atomic E-state index is 0.378. The first kappa shape index (κ1) is 16.5. The molecule has 2 aromatic rings. The van der Waals surface area contributed by atoms with Crippen molar-refractivity contribution in [1.29, 1.82) is 0 Å². The van der Waals surface area contributed by atoms with Crippen molar-refractivity contribution in [3.63, 3.8) is 0 Å². The van der Waals surface area contributed by atoms with Crippen LogP contribution in [-0.2, 0) is 19.4 Å². The fraction of sp³-hybridized carbons (Fsp3) is 0.500. The highest BCUT2D eigenvalue weighted by atomic mass is 79.9. The molecule has 0 aliphatic heterocycles. The van der Waals surface area contributed by atoms with E-state index in [0.717, 1.165) is 29.7 Å². The van der Waals surface area contributed by atoms with Crippen LogP contribution in [0, 0.1) is 11.8 Å². The lowest BCUT2D eigenvalue weighted by Crippen LogP contribution is -2.16. The molecule has 1 aromatic heterocycles. The maximum absolute atomic E-state index is 6.16. The lowest BCUT2D eigenvalue weighted by molar-refractivity contribution is 0.447. The van der Waals surface area contributed by atoms with Gasteiger partial charge in [-0.1, -0.05) is 41.9 Å². The van der Waals surface area contributed by atoms with Gasteiger partial charge < -0.3 is 0 Å². The van der Waals surface area contributed by atoms with Gasteiger partial charge in [-0.25, -0.2) is 9.67 Å². The maximum atomic E-state index is 6.16. The topological polar surface area (TPSA) is 30.7 Å². The molecule has 0 fully saturated rings. The van der Waals surface area contributed by atoms with E-state index in [1.54, 1.807) is 6.33 Å². The molecule has 1 unspecified atom stereocenters. The van der Waals surface area contributed by atoms with Gasteiger partial charge in [0.1, 0.15) is 12.2 Å². The van der Waals surface area contributed by atoms with E-state index in [4.69, 9.17) is 11.6 Å². The summed E-state index contributed by atoms with van der Waals surface area (Å²) in [7, 11) is 0. The number of hydrogen-bond acceptors (Lipinski definition) is 2. The van der Waals surface area contributed by atoms with E-state index >= 15 is 0 Å². The van der Waals surface area contributed by atoms with Crippen molar-refractivity contribution in [3.05, 3.63) is 46.5 Å². The van der Waals surface area contributed by atoms with Gasteiger partial charge >= 0.3 is 0 Å². The number of alkyl halides is 1. The van der Waals surface area contributed by atoms with E-state index in [1.807, 2.05) is 4.68 Å². The molecule has 114 valence electrons. The average molecular weight is 371 g/mol. The zero-order chi connectivity index (χ0) is 15.2. The molecular weight excluding hydrogens is 350 g/mol. The highest BCUT2D eigenvalue weighted by molar-refractivity contribution is 9.10. The Morgan fingerprint density at radius 3 is 2.52 bits per heavy atom. The first-order valence-electron chi connectivity index (χ1n) is 7.25. The third kappa shape index (κ3) is 5.11. The molecule has 3 nitrogen and oxygen atoms in total. The van der Waals surface area contributed by atoms with Gasteiger partial charge in [-0.2, -0.15) is 5.10 Å². The van der Waals surface area contributed by atoms with Crippen molar-refractivity contribution < 1.29 is 0 Å². The van der Waals surface area contributed by atoms with Gasteiger partial charge in [0.15, 0.2) is 0 Å². The largest absolute Gasteiger partial charge is 0.250 e. The number of benzene rings is 1. The number of nitrogens with zero attached hydrogens (tertiary/aromatic N) is 3. The fourth-order valence-electron chi connectivity index (χ4n) is 2.34. The van der Waals surface area contributed by atoms with E-state index in [2.05, 4.69) is 64.1 Å². The Morgan fingerprint density at radius 2 is 1.90 bits per heavy atom. The predicted octanol–water partition coefficient (Wildman–Crippen LogP) is 4.34. The second-order valence-corrected chi connectivity index (χ2v) is 7.03. The van der Waals surface area contributed by atoms with Crippen molar-refractivity contribution in [2.45, 2.75) is 33.2 Å². The molecule has 5 heteroatoms. The minimum absolute atomic E-state index is 0.378. The molecule has 0 spiro atoms. The van der Waals surface area contributed by atoms with Crippen molar-refractivity contribution in [3.8, 4) is 0 Å². The molecule has 0 aliphatic carbocycles. The van der Waals surface area contributed by atoms with Crippen molar-refractivity contribution >= 4 is 27.5 Å². The number of halogens is 2. The summed E-state index contributed by atoms with van der Waals surface area (Å²) in [5, 5.41) is 4.32. The molecule has 0 radical (unpaired) electrons. The van der Waals surface area contributed by atoms with Crippen molar-refractivity contribution in [1.82, 2.24) is 14.8 Å². The molecule has 1 heterocycles. The predicted molar refractivity (Wildman–Crippen MR) is 90.6 cm³/mol. The van der Waals surface area contributed by atoms with Gasteiger partial charge in [0, 0.05) is 23.3 Å². The molecule has 1 aromatic carbocycles. The number of rotatable bonds is 7. The first-order chi connectivity index (χ1) is 10.1. The second kappa shape index (κ2) is 7.95. The summed E-state index contributed by atoms with van der Waals surface area (Å²) in [4.78, 5) is 4.40. The lowest BCUT2D eigenvalue weighted by Gasteiger charge is -2.15. The van der Waals surface area contributed by atoms with Crippen LogP contribution < -0.4 is 0 Å². The third-order valence-electron chi connectivity index (χ3n) is 3.36. The molecule has 0 saturated heterocycles. The second-order valence-electron chi connectivity index (χ2n) is 5.81. The van der Waals surface area contributed by atoms with Crippen LogP contribution in [0.5, 0.6) is 0 Å². The summed E-state index contributed by atoms with van der Waals surface area (Å²) < 4.78 is 3.11. The van der Waals surface area contributed by atoms with E-state index in [0.29, 0.717) is 17.7 Å². The van der Waals surface area contributed by atoms with Gasteiger partial charge in [-0.05, 0) is 36.0 Å². The molecule has 0 bridgehead atoms. The normalized spacial score (nSPS) is 12.8. The summed E-state index contributed by atoms with van der Waals surface area (Å²) in [6, 6.07) is 8.43. The van der Waals surface area contributed by atoms with E-state index in [-0.39, 0.29) is 0 Å². The first-order valence-corrected chi connectivity index (χ1v) is 8.58. The highest BCUT2D eigenvalue weighted by Crippen LogP contribution is 2.18. The number of hydrogen-bond donors (Lipinski definition) is 0. The summed E-state index contributed by atoms with van der Waals surface area (Å²) in [5.74, 6) is 2.60. The Bertz CT molecular complexity index is 551. The Morgan fingerprint density at radius 1 is 1.19 bits per heavy atom. The Kier molecular flexibility index (Phi) is 6.24. The summed E-state index contributed by atoms with van der Waals surface area (Å²) in [6.07, 6.45) is 3.47. The summed E-state index contributed by atoms with van der Waals surface area (Å²) >= 11 is 9.62.